The Kier molecular flexibility index (Phi) is 4.68. The van der Waals surface area contributed by atoms with Crippen LogP contribution in [0.3, 0.4) is 0 Å². The minimum Gasteiger partial charge on any atom is -0.497 e. The quantitative estimate of drug-likeness (QED) is 0.679. The van der Waals surface area contributed by atoms with Crippen molar-refractivity contribution in [3.05, 3.63) is 60.4 Å². The van der Waals surface area contributed by atoms with E-state index < -0.39 is 0 Å². The second-order valence-corrected chi connectivity index (χ2v) is 8.16. The molecule has 0 amide bonds. The second-order valence-electron chi connectivity index (χ2n) is 8.16. The van der Waals surface area contributed by atoms with E-state index >= 15 is 0 Å². The second kappa shape index (κ2) is 7.35. The van der Waals surface area contributed by atoms with Crippen LogP contribution in [-0.4, -0.2) is 53.1 Å². The highest BCUT2D eigenvalue weighted by atomic mass is 16.5. The van der Waals surface area contributed by atoms with Crippen LogP contribution < -0.4 is 4.74 Å². The van der Waals surface area contributed by atoms with Crippen LogP contribution in [0.2, 0.25) is 0 Å². The molecule has 2 aliphatic heterocycles. The first kappa shape index (κ1) is 18.5. The summed E-state index contributed by atoms with van der Waals surface area (Å²) in [5.41, 5.74) is 2.41. The highest BCUT2D eigenvalue weighted by Gasteiger charge is 2.45. The minimum absolute atomic E-state index is 0.0165. The van der Waals surface area contributed by atoms with Crippen molar-refractivity contribution in [2.24, 2.45) is 0 Å². The Bertz CT molecular complexity index is 953. The van der Waals surface area contributed by atoms with Gasteiger partial charge in [0.2, 0.25) is 0 Å². The summed E-state index contributed by atoms with van der Waals surface area (Å²) in [5.74, 6) is 3.14. The lowest BCUT2D eigenvalue weighted by atomic mass is 9.83. The van der Waals surface area contributed by atoms with Crippen LogP contribution in [0, 0.1) is 0 Å². The Morgan fingerprint density at radius 2 is 1.86 bits per heavy atom. The highest BCUT2D eigenvalue weighted by molar-refractivity contribution is 5.61. The maximum atomic E-state index is 5.54. The Morgan fingerprint density at radius 1 is 1.07 bits per heavy atom. The molecule has 1 spiro atoms. The van der Waals surface area contributed by atoms with Gasteiger partial charge in [-0.25, -0.2) is 4.98 Å². The molecule has 6 heteroatoms. The summed E-state index contributed by atoms with van der Waals surface area (Å²) in [4.78, 5) is 9.97. The van der Waals surface area contributed by atoms with Gasteiger partial charge in [-0.2, -0.15) is 0 Å². The predicted molar refractivity (Wildman–Crippen MR) is 112 cm³/mol. The van der Waals surface area contributed by atoms with Crippen LogP contribution in [0.15, 0.2) is 53.3 Å². The number of hydrogen-bond donors (Lipinski definition) is 0. The van der Waals surface area contributed by atoms with E-state index in [0.29, 0.717) is 0 Å². The van der Waals surface area contributed by atoms with Gasteiger partial charge in [-0.15, -0.1) is 0 Å². The van der Waals surface area contributed by atoms with Crippen molar-refractivity contribution in [1.29, 1.82) is 0 Å². The van der Waals surface area contributed by atoms with Crippen LogP contribution in [0.4, 0.5) is 0 Å². The first-order chi connectivity index (χ1) is 14.2. The van der Waals surface area contributed by atoms with E-state index in [4.69, 9.17) is 14.1 Å². The summed E-state index contributed by atoms with van der Waals surface area (Å²) in [6.07, 6.45) is 5.98. The molecule has 29 heavy (non-hydrogen) atoms. The van der Waals surface area contributed by atoms with Crippen LogP contribution in [0.5, 0.6) is 5.75 Å². The third-order valence-corrected chi connectivity index (χ3v) is 6.69. The molecule has 0 atom stereocenters. The molecule has 1 fully saturated rings. The van der Waals surface area contributed by atoms with Crippen molar-refractivity contribution in [3.63, 3.8) is 0 Å². The number of nitrogens with zero attached hydrogens (tertiary/aromatic N) is 4. The van der Waals surface area contributed by atoms with Crippen molar-refractivity contribution in [2.75, 3.05) is 33.8 Å². The minimum atomic E-state index is 0.0165. The Labute approximate surface area is 171 Å². The molecule has 3 aromatic rings. The van der Waals surface area contributed by atoms with E-state index in [1.165, 1.54) is 17.1 Å². The lowest BCUT2D eigenvalue weighted by molar-refractivity contribution is 0.00549. The van der Waals surface area contributed by atoms with Gasteiger partial charge >= 0.3 is 0 Å². The SMILES string of the molecule is COc1ccc(-c2cnc3n2CCN(C)C32CCN(Cc3ccco3)CC2)cc1. The Hall–Kier alpha value is -2.57. The molecule has 0 bridgehead atoms. The molecule has 2 aromatic heterocycles. The van der Waals surface area contributed by atoms with Gasteiger partial charge in [0.1, 0.15) is 17.3 Å². The number of hydrogen-bond acceptors (Lipinski definition) is 5. The van der Waals surface area contributed by atoms with Gasteiger partial charge in [0.25, 0.3) is 0 Å². The van der Waals surface area contributed by atoms with E-state index in [-0.39, 0.29) is 5.54 Å². The van der Waals surface area contributed by atoms with Crippen LogP contribution >= 0.6 is 0 Å². The van der Waals surface area contributed by atoms with Gasteiger partial charge in [0.05, 0.1) is 37.3 Å². The lowest BCUT2D eigenvalue weighted by Gasteiger charge is -2.49. The van der Waals surface area contributed by atoms with E-state index in [9.17, 15) is 0 Å². The van der Waals surface area contributed by atoms with Crippen molar-refractivity contribution >= 4 is 0 Å². The molecule has 0 unspecified atom stereocenters. The maximum absolute atomic E-state index is 5.54. The number of piperidine rings is 1. The van der Waals surface area contributed by atoms with Gasteiger partial charge in [0.15, 0.2) is 0 Å². The standard InChI is InChI=1S/C23H28N4O2/c1-25-13-14-27-21(18-5-7-19(28-2)8-6-18)16-24-22(27)23(25)9-11-26(12-10-23)17-20-4-3-15-29-20/h3-8,15-16H,9-14,17H2,1-2H3. The molecule has 0 aliphatic carbocycles. The summed E-state index contributed by atoms with van der Waals surface area (Å²) >= 11 is 0. The summed E-state index contributed by atoms with van der Waals surface area (Å²) in [6.45, 7) is 5.01. The van der Waals surface area contributed by atoms with Crippen LogP contribution in [-0.2, 0) is 18.6 Å². The number of furan rings is 1. The van der Waals surface area contributed by atoms with E-state index in [2.05, 4.69) is 39.6 Å². The predicted octanol–water partition coefficient (Wildman–Crippen LogP) is 3.59. The van der Waals surface area contributed by atoms with E-state index in [1.807, 2.05) is 24.4 Å². The summed E-state index contributed by atoms with van der Waals surface area (Å²) in [6, 6.07) is 12.3. The molecule has 0 saturated carbocycles. The normalized spacial score (nSPS) is 19.4. The van der Waals surface area contributed by atoms with Gasteiger partial charge in [-0.05, 0) is 56.3 Å². The monoisotopic (exact) mass is 392 g/mol. The molecule has 0 radical (unpaired) electrons. The smallest absolute Gasteiger partial charge is 0.129 e. The molecule has 5 rings (SSSR count). The van der Waals surface area contributed by atoms with Gasteiger partial charge in [0, 0.05) is 31.7 Å². The van der Waals surface area contributed by atoms with Crippen molar-refractivity contribution in [2.45, 2.75) is 31.5 Å². The summed E-state index contributed by atoms with van der Waals surface area (Å²) in [5, 5.41) is 0. The number of aromatic nitrogens is 2. The van der Waals surface area contributed by atoms with Gasteiger partial charge < -0.3 is 13.7 Å². The number of methoxy groups -OCH3 is 1. The molecular formula is C23H28N4O2. The number of likely N-dealkylation sites (tertiary alicyclic amines) is 1. The topological polar surface area (TPSA) is 46.7 Å². The average Bonchev–Trinajstić information content (AvgIpc) is 3.43. The molecule has 152 valence electrons. The maximum Gasteiger partial charge on any atom is 0.129 e. The Balaban J connectivity index is 1.41. The first-order valence-corrected chi connectivity index (χ1v) is 10.4. The summed E-state index contributed by atoms with van der Waals surface area (Å²) in [7, 11) is 3.96. The lowest BCUT2D eigenvalue weighted by Crippen LogP contribution is -2.56. The largest absolute Gasteiger partial charge is 0.497 e. The molecule has 2 aliphatic rings. The fourth-order valence-corrected chi connectivity index (χ4v) is 4.91. The molecule has 1 saturated heterocycles. The van der Waals surface area contributed by atoms with Crippen molar-refractivity contribution in [1.82, 2.24) is 19.4 Å². The molecule has 4 heterocycles. The zero-order valence-electron chi connectivity index (χ0n) is 17.2. The third-order valence-electron chi connectivity index (χ3n) is 6.69. The van der Waals surface area contributed by atoms with Crippen molar-refractivity contribution < 1.29 is 9.15 Å². The van der Waals surface area contributed by atoms with Crippen LogP contribution in [0.1, 0.15) is 24.4 Å². The van der Waals surface area contributed by atoms with E-state index in [0.717, 1.165) is 57.1 Å². The number of ether oxygens (including phenoxy) is 1. The number of likely N-dealkylation sites (N-methyl/N-ethyl adjacent to an activating group) is 1. The number of benzene rings is 1. The number of rotatable bonds is 4. The third kappa shape index (κ3) is 3.16. The van der Waals surface area contributed by atoms with Gasteiger partial charge in [-0.1, -0.05) is 0 Å². The fourth-order valence-electron chi connectivity index (χ4n) is 4.91. The molecule has 0 N–H and O–H groups in total. The average molecular weight is 393 g/mol. The zero-order chi connectivity index (χ0) is 19.8. The van der Waals surface area contributed by atoms with Crippen molar-refractivity contribution in [3.8, 4) is 17.0 Å². The molecular weight excluding hydrogens is 364 g/mol. The number of imidazole rings is 1. The number of fused-ring (bicyclic) bond motifs is 2. The first-order valence-electron chi connectivity index (χ1n) is 10.4. The van der Waals surface area contributed by atoms with Crippen LogP contribution in [0.25, 0.3) is 11.3 Å². The highest BCUT2D eigenvalue weighted by Crippen LogP contribution is 2.41. The van der Waals surface area contributed by atoms with E-state index in [1.54, 1.807) is 13.4 Å². The zero-order valence-corrected chi connectivity index (χ0v) is 17.2. The Morgan fingerprint density at radius 3 is 2.55 bits per heavy atom. The fraction of sp³-hybridized carbons (Fsp3) is 0.435. The summed E-state index contributed by atoms with van der Waals surface area (Å²) < 4.78 is 13.3. The molecule has 6 nitrogen and oxygen atoms in total. The molecule has 1 aromatic carbocycles. The van der Waals surface area contributed by atoms with Gasteiger partial charge in [-0.3, -0.25) is 9.80 Å².